The van der Waals surface area contributed by atoms with Gasteiger partial charge in [-0.2, -0.15) is 0 Å². The number of benzene rings is 3. The SMILES string of the molecule is CCn1c2ccccc2c2cc(N3C(=O)CSC3c3ccc([N+](=O)[O-])cc3)ccc21. The van der Waals surface area contributed by atoms with Crippen LogP contribution in [0.25, 0.3) is 21.8 Å². The average molecular weight is 417 g/mol. The van der Waals surface area contributed by atoms with E-state index >= 15 is 0 Å². The van der Waals surface area contributed by atoms with E-state index < -0.39 is 4.92 Å². The third-order valence-corrected chi connectivity index (χ3v) is 6.82. The van der Waals surface area contributed by atoms with Crippen LogP contribution in [-0.2, 0) is 11.3 Å². The Hall–Kier alpha value is -3.32. The van der Waals surface area contributed by atoms with Crippen molar-refractivity contribution in [1.82, 2.24) is 4.57 Å². The van der Waals surface area contributed by atoms with Gasteiger partial charge in [0.25, 0.3) is 5.69 Å². The maximum Gasteiger partial charge on any atom is 0.269 e. The molecule has 150 valence electrons. The van der Waals surface area contributed by atoms with E-state index in [1.165, 1.54) is 23.0 Å². The number of aryl methyl sites for hydroxylation is 1. The van der Waals surface area contributed by atoms with Crippen molar-refractivity contribution in [2.24, 2.45) is 0 Å². The molecule has 0 N–H and O–H groups in total. The van der Waals surface area contributed by atoms with Crippen LogP contribution in [-0.4, -0.2) is 21.2 Å². The minimum atomic E-state index is -0.411. The van der Waals surface area contributed by atoms with E-state index in [1.54, 1.807) is 23.9 Å². The van der Waals surface area contributed by atoms with Gasteiger partial charge in [-0.05, 0) is 48.9 Å². The van der Waals surface area contributed by atoms with Gasteiger partial charge in [-0.25, -0.2) is 0 Å². The number of hydrogen-bond acceptors (Lipinski definition) is 4. The second-order valence-electron chi connectivity index (χ2n) is 7.24. The van der Waals surface area contributed by atoms with Crippen LogP contribution in [0.5, 0.6) is 0 Å². The monoisotopic (exact) mass is 417 g/mol. The molecule has 0 spiro atoms. The summed E-state index contributed by atoms with van der Waals surface area (Å²) in [6.07, 6.45) is 0. The highest BCUT2D eigenvalue weighted by Crippen LogP contribution is 2.43. The third-order valence-electron chi connectivity index (χ3n) is 5.61. The summed E-state index contributed by atoms with van der Waals surface area (Å²) in [5, 5.41) is 13.1. The molecular weight excluding hydrogens is 398 g/mol. The summed E-state index contributed by atoms with van der Waals surface area (Å²) < 4.78 is 2.28. The first kappa shape index (κ1) is 18.7. The molecule has 6 nitrogen and oxygen atoms in total. The molecular formula is C23H19N3O3S. The van der Waals surface area contributed by atoms with Crippen LogP contribution in [0.15, 0.2) is 66.7 Å². The number of non-ortho nitro benzene ring substituents is 1. The van der Waals surface area contributed by atoms with Crippen LogP contribution < -0.4 is 4.90 Å². The van der Waals surface area contributed by atoms with Crippen molar-refractivity contribution in [3.05, 3.63) is 82.4 Å². The number of nitrogens with zero attached hydrogens (tertiary/aromatic N) is 3. The number of carbonyl (C=O) groups is 1. The van der Waals surface area contributed by atoms with Gasteiger partial charge in [0.05, 0.1) is 10.7 Å². The molecule has 0 bridgehead atoms. The van der Waals surface area contributed by atoms with Crippen LogP contribution in [0.1, 0.15) is 17.9 Å². The maximum absolute atomic E-state index is 12.8. The highest BCUT2D eigenvalue weighted by atomic mass is 32.2. The van der Waals surface area contributed by atoms with Gasteiger partial charge in [0.1, 0.15) is 5.37 Å². The van der Waals surface area contributed by atoms with E-state index in [0.717, 1.165) is 28.7 Å². The van der Waals surface area contributed by atoms with E-state index in [4.69, 9.17) is 0 Å². The van der Waals surface area contributed by atoms with Gasteiger partial charge >= 0.3 is 0 Å². The van der Waals surface area contributed by atoms with Crippen molar-refractivity contribution in [2.45, 2.75) is 18.8 Å². The van der Waals surface area contributed by atoms with Gasteiger partial charge in [0.2, 0.25) is 5.91 Å². The van der Waals surface area contributed by atoms with Gasteiger partial charge in [-0.3, -0.25) is 19.8 Å². The molecule has 0 radical (unpaired) electrons. The lowest BCUT2D eigenvalue weighted by Gasteiger charge is -2.24. The molecule has 1 unspecified atom stereocenters. The lowest BCUT2D eigenvalue weighted by molar-refractivity contribution is -0.384. The Labute approximate surface area is 177 Å². The fraction of sp³-hybridized carbons (Fsp3) is 0.174. The van der Waals surface area contributed by atoms with Crippen molar-refractivity contribution in [3.8, 4) is 0 Å². The van der Waals surface area contributed by atoms with Gasteiger partial charge in [0.15, 0.2) is 0 Å². The second kappa shape index (κ2) is 7.18. The summed E-state index contributed by atoms with van der Waals surface area (Å²) in [4.78, 5) is 25.1. The molecule has 1 aliphatic heterocycles. The Morgan fingerprint density at radius 3 is 2.50 bits per heavy atom. The molecule has 1 saturated heterocycles. The first-order valence-electron chi connectivity index (χ1n) is 9.77. The molecule has 1 amide bonds. The highest BCUT2D eigenvalue weighted by molar-refractivity contribution is 8.00. The summed E-state index contributed by atoms with van der Waals surface area (Å²) >= 11 is 1.54. The number of nitro groups is 1. The zero-order valence-corrected chi connectivity index (χ0v) is 17.1. The van der Waals surface area contributed by atoms with Crippen LogP contribution in [0.2, 0.25) is 0 Å². The van der Waals surface area contributed by atoms with E-state index in [0.29, 0.717) is 5.75 Å². The number of fused-ring (bicyclic) bond motifs is 3. The zero-order valence-electron chi connectivity index (χ0n) is 16.3. The summed E-state index contributed by atoms with van der Waals surface area (Å²) in [5.41, 5.74) is 4.11. The van der Waals surface area contributed by atoms with Gasteiger partial charge in [-0.15, -0.1) is 11.8 Å². The first-order valence-corrected chi connectivity index (χ1v) is 10.8. The van der Waals surface area contributed by atoms with Crippen LogP contribution in [0, 0.1) is 10.1 Å². The van der Waals surface area contributed by atoms with Crippen molar-refractivity contribution in [1.29, 1.82) is 0 Å². The maximum atomic E-state index is 12.8. The minimum Gasteiger partial charge on any atom is -0.341 e. The fourth-order valence-corrected chi connectivity index (χ4v) is 5.42. The number of nitro benzene ring substituents is 1. The number of carbonyl (C=O) groups excluding carboxylic acids is 1. The molecule has 1 aliphatic rings. The summed E-state index contributed by atoms with van der Waals surface area (Å²) in [5.74, 6) is 0.429. The summed E-state index contributed by atoms with van der Waals surface area (Å²) in [6.45, 7) is 3.00. The third kappa shape index (κ3) is 2.85. The Morgan fingerprint density at radius 2 is 1.77 bits per heavy atom. The van der Waals surface area contributed by atoms with Crippen LogP contribution in [0.3, 0.4) is 0 Å². The summed E-state index contributed by atoms with van der Waals surface area (Å²) in [7, 11) is 0. The number of aromatic nitrogens is 1. The average Bonchev–Trinajstić information content (AvgIpc) is 3.31. The predicted octanol–water partition coefficient (Wildman–Crippen LogP) is 5.50. The van der Waals surface area contributed by atoms with E-state index in [1.807, 2.05) is 23.1 Å². The standard InChI is InChI=1S/C23H19N3O3S/c1-2-24-20-6-4-3-5-18(20)19-13-17(11-12-21(19)24)25-22(27)14-30-23(25)15-7-9-16(10-8-15)26(28)29/h3-13,23H,2,14H2,1H3. The first-order chi connectivity index (χ1) is 14.6. The number of para-hydroxylation sites is 1. The normalized spacial score (nSPS) is 16.6. The van der Waals surface area contributed by atoms with Crippen LogP contribution >= 0.6 is 11.8 Å². The predicted molar refractivity (Wildman–Crippen MR) is 121 cm³/mol. The van der Waals surface area contributed by atoms with Crippen molar-refractivity contribution < 1.29 is 9.72 Å². The number of amides is 1. The van der Waals surface area contributed by atoms with E-state index in [9.17, 15) is 14.9 Å². The van der Waals surface area contributed by atoms with Gasteiger partial charge < -0.3 is 4.57 Å². The number of anilines is 1. The molecule has 4 aromatic rings. The zero-order chi connectivity index (χ0) is 20.8. The lowest BCUT2D eigenvalue weighted by atomic mass is 10.1. The number of rotatable bonds is 4. The Morgan fingerprint density at radius 1 is 1.03 bits per heavy atom. The van der Waals surface area contributed by atoms with Crippen LogP contribution in [0.4, 0.5) is 11.4 Å². The number of hydrogen-bond donors (Lipinski definition) is 0. The van der Waals surface area contributed by atoms with Crippen molar-refractivity contribution in [2.75, 3.05) is 10.7 Å². The molecule has 1 aromatic heterocycles. The molecule has 0 saturated carbocycles. The fourth-order valence-electron chi connectivity index (χ4n) is 4.24. The number of thioether (sulfide) groups is 1. The quantitative estimate of drug-likeness (QED) is 0.325. The van der Waals surface area contributed by atoms with Crippen molar-refractivity contribution in [3.63, 3.8) is 0 Å². The molecule has 1 fully saturated rings. The summed E-state index contributed by atoms with van der Waals surface area (Å²) in [6, 6.07) is 20.9. The second-order valence-corrected chi connectivity index (χ2v) is 8.31. The molecule has 5 rings (SSSR count). The molecule has 2 heterocycles. The smallest absolute Gasteiger partial charge is 0.269 e. The van der Waals surface area contributed by atoms with Gasteiger partial charge in [-0.1, -0.05) is 18.2 Å². The Bertz CT molecular complexity index is 1300. The molecule has 1 atom stereocenters. The largest absolute Gasteiger partial charge is 0.341 e. The topological polar surface area (TPSA) is 68.4 Å². The molecule has 3 aromatic carbocycles. The van der Waals surface area contributed by atoms with E-state index in [2.05, 4.69) is 35.8 Å². The highest BCUT2D eigenvalue weighted by Gasteiger charge is 2.34. The minimum absolute atomic E-state index is 0.0435. The van der Waals surface area contributed by atoms with E-state index in [-0.39, 0.29) is 17.0 Å². The molecule has 7 heteroatoms. The Balaban J connectivity index is 1.61. The lowest BCUT2D eigenvalue weighted by Crippen LogP contribution is -2.27. The van der Waals surface area contributed by atoms with Gasteiger partial charge in [0, 0.05) is 46.2 Å². The molecule has 0 aliphatic carbocycles. The Kier molecular flexibility index (Phi) is 4.47. The molecule has 30 heavy (non-hydrogen) atoms. The van der Waals surface area contributed by atoms with Crippen molar-refractivity contribution >= 4 is 50.8 Å².